The summed E-state index contributed by atoms with van der Waals surface area (Å²) in [6.45, 7) is 7.83. The van der Waals surface area contributed by atoms with Crippen LogP contribution < -0.4 is 10.2 Å². The molecule has 1 aromatic heterocycles. The number of nitrogens with zero attached hydrogens (tertiary/aromatic N) is 3. The van der Waals surface area contributed by atoms with Crippen molar-refractivity contribution < 1.29 is 18.8 Å². The van der Waals surface area contributed by atoms with Crippen LogP contribution >= 0.6 is 0 Å². The largest absolute Gasteiger partial charge is 0.442 e. The lowest BCUT2D eigenvalue weighted by atomic mass is 10.1. The Morgan fingerprint density at radius 1 is 1.35 bits per heavy atom. The van der Waals surface area contributed by atoms with Gasteiger partial charge in [-0.25, -0.2) is 11.4 Å². The Kier molecular flexibility index (Phi) is 3.84. The van der Waals surface area contributed by atoms with Crippen LogP contribution in [-0.4, -0.2) is 36.4 Å². The lowest BCUT2D eigenvalue weighted by molar-refractivity contribution is 0.0880. The van der Waals surface area contributed by atoms with Gasteiger partial charge in [0.2, 0.25) is 5.76 Å². The molecular weight excluding hydrogens is 336 g/mol. The third kappa shape index (κ3) is 2.88. The number of anilines is 1. The van der Waals surface area contributed by atoms with E-state index in [-0.39, 0.29) is 17.8 Å². The summed E-state index contributed by atoms with van der Waals surface area (Å²) in [7, 11) is 0. The van der Waals surface area contributed by atoms with Gasteiger partial charge in [-0.3, -0.25) is 9.69 Å². The first-order valence-corrected chi connectivity index (χ1v) is 8.27. The Morgan fingerprint density at radius 2 is 2.12 bits per heavy atom. The highest BCUT2D eigenvalue weighted by Gasteiger charge is 2.52. The SMILES string of the molecule is [C-]#[N+]C1(c2ccc(N3CC(CNC(=O)c4ccno4)OC3=O)cc2)CC1. The second-order valence-electron chi connectivity index (χ2n) is 6.39. The second kappa shape index (κ2) is 6.19. The first kappa shape index (κ1) is 16.1. The van der Waals surface area contributed by atoms with Crippen molar-refractivity contribution >= 4 is 17.7 Å². The molecule has 2 heterocycles. The smallest absolute Gasteiger partial charge is 0.414 e. The molecule has 132 valence electrons. The van der Waals surface area contributed by atoms with E-state index in [0.717, 1.165) is 18.4 Å². The van der Waals surface area contributed by atoms with Crippen molar-refractivity contribution in [3.05, 3.63) is 59.3 Å². The third-order valence-corrected chi connectivity index (χ3v) is 4.68. The molecule has 1 aromatic carbocycles. The van der Waals surface area contributed by atoms with Crippen LogP contribution in [-0.2, 0) is 10.3 Å². The van der Waals surface area contributed by atoms with Crippen molar-refractivity contribution in [1.29, 1.82) is 0 Å². The normalized spacial score (nSPS) is 20.3. The summed E-state index contributed by atoms with van der Waals surface area (Å²) in [6.07, 6.45) is 2.24. The number of ether oxygens (including phenoxy) is 1. The molecule has 1 N–H and O–H groups in total. The van der Waals surface area contributed by atoms with Gasteiger partial charge in [-0.15, -0.1) is 0 Å². The molecule has 2 fully saturated rings. The number of amides is 2. The van der Waals surface area contributed by atoms with Gasteiger partial charge in [0.15, 0.2) is 0 Å². The van der Waals surface area contributed by atoms with Crippen LogP contribution in [0.25, 0.3) is 4.85 Å². The van der Waals surface area contributed by atoms with Gasteiger partial charge >= 0.3 is 6.09 Å². The number of benzene rings is 1. The maximum Gasteiger partial charge on any atom is 0.414 e. The number of carbonyl (C=O) groups is 2. The van der Waals surface area contributed by atoms with Gasteiger partial charge in [0.1, 0.15) is 6.10 Å². The number of hydrogen-bond donors (Lipinski definition) is 1. The van der Waals surface area contributed by atoms with Gasteiger partial charge in [-0.05, 0) is 24.3 Å². The molecule has 0 radical (unpaired) electrons. The summed E-state index contributed by atoms with van der Waals surface area (Å²) in [5.41, 5.74) is 1.33. The van der Waals surface area contributed by atoms with Gasteiger partial charge in [-0.1, -0.05) is 5.16 Å². The van der Waals surface area contributed by atoms with Crippen molar-refractivity contribution in [2.45, 2.75) is 24.5 Å². The number of aromatic nitrogens is 1. The molecular formula is C18H16N4O4. The Bertz CT molecular complexity index is 866. The maximum atomic E-state index is 12.1. The van der Waals surface area contributed by atoms with Gasteiger partial charge < -0.3 is 19.4 Å². The van der Waals surface area contributed by atoms with Gasteiger partial charge in [-0.2, -0.15) is 0 Å². The monoisotopic (exact) mass is 352 g/mol. The molecule has 1 unspecified atom stereocenters. The minimum atomic E-state index is -0.456. The Morgan fingerprint density at radius 3 is 2.73 bits per heavy atom. The van der Waals surface area contributed by atoms with Gasteiger partial charge in [0.05, 0.1) is 19.3 Å². The summed E-state index contributed by atoms with van der Waals surface area (Å²) in [6, 6.07) is 8.91. The van der Waals surface area contributed by atoms with E-state index in [9.17, 15) is 9.59 Å². The molecule has 1 saturated heterocycles. The summed E-state index contributed by atoms with van der Waals surface area (Å²) >= 11 is 0. The van der Waals surface area contributed by atoms with Crippen LogP contribution in [0.5, 0.6) is 0 Å². The van der Waals surface area contributed by atoms with E-state index >= 15 is 0 Å². The molecule has 8 heteroatoms. The molecule has 4 rings (SSSR count). The summed E-state index contributed by atoms with van der Waals surface area (Å²) in [5.74, 6) is -0.300. The molecule has 8 nitrogen and oxygen atoms in total. The highest BCUT2D eigenvalue weighted by Crippen LogP contribution is 2.49. The second-order valence-corrected chi connectivity index (χ2v) is 6.39. The van der Waals surface area contributed by atoms with Crippen LogP contribution in [0.3, 0.4) is 0 Å². The molecule has 1 aliphatic carbocycles. The zero-order chi connectivity index (χ0) is 18.1. The summed E-state index contributed by atoms with van der Waals surface area (Å²) in [4.78, 5) is 29.2. The number of carbonyl (C=O) groups excluding carboxylic acids is 2. The zero-order valence-corrected chi connectivity index (χ0v) is 13.8. The van der Waals surface area contributed by atoms with E-state index in [4.69, 9.17) is 15.8 Å². The van der Waals surface area contributed by atoms with E-state index < -0.39 is 18.1 Å². The molecule has 1 atom stereocenters. The minimum Gasteiger partial charge on any atom is -0.442 e. The molecule has 0 spiro atoms. The summed E-state index contributed by atoms with van der Waals surface area (Å²) in [5, 5.41) is 6.13. The van der Waals surface area contributed by atoms with E-state index in [1.165, 1.54) is 17.2 Å². The van der Waals surface area contributed by atoms with E-state index in [1.807, 2.05) is 24.3 Å². The molecule has 2 aliphatic rings. The molecule has 1 saturated carbocycles. The van der Waals surface area contributed by atoms with Crippen molar-refractivity contribution in [1.82, 2.24) is 10.5 Å². The highest BCUT2D eigenvalue weighted by molar-refractivity contribution is 5.92. The van der Waals surface area contributed by atoms with Crippen molar-refractivity contribution in [2.24, 2.45) is 0 Å². The summed E-state index contributed by atoms with van der Waals surface area (Å²) < 4.78 is 10.1. The fourth-order valence-electron chi connectivity index (χ4n) is 3.00. The van der Waals surface area contributed by atoms with Crippen molar-refractivity contribution in [3.63, 3.8) is 0 Å². The van der Waals surface area contributed by atoms with Crippen molar-refractivity contribution in [3.8, 4) is 0 Å². The van der Waals surface area contributed by atoms with Crippen LogP contribution in [0.2, 0.25) is 0 Å². The van der Waals surface area contributed by atoms with E-state index in [2.05, 4.69) is 15.3 Å². The Balaban J connectivity index is 1.37. The average Bonchev–Trinajstić information content (AvgIpc) is 3.09. The fraction of sp³-hybridized carbons (Fsp3) is 0.333. The van der Waals surface area contributed by atoms with E-state index in [1.54, 1.807) is 0 Å². The number of rotatable bonds is 5. The lowest BCUT2D eigenvalue weighted by Crippen LogP contribution is -2.34. The number of cyclic esters (lactones) is 1. The number of hydrogen-bond acceptors (Lipinski definition) is 5. The van der Waals surface area contributed by atoms with Crippen LogP contribution in [0.4, 0.5) is 10.5 Å². The first-order chi connectivity index (χ1) is 12.6. The van der Waals surface area contributed by atoms with Gasteiger partial charge in [0.25, 0.3) is 11.4 Å². The molecule has 2 amide bonds. The topological polar surface area (TPSA) is 89.0 Å². The standard InChI is InChI=1S/C18H16N4O4/c1-19-18(7-8-18)12-2-4-13(5-3-12)22-11-14(25-17(22)24)10-20-16(23)15-6-9-21-26-15/h2-6,9,14H,7-8,10-11H2,(H,20,23). The molecule has 1 aliphatic heterocycles. The molecule has 26 heavy (non-hydrogen) atoms. The van der Waals surface area contributed by atoms with E-state index in [0.29, 0.717) is 12.2 Å². The third-order valence-electron chi connectivity index (χ3n) is 4.68. The van der Waals surface area contributed by atoms with Crippen LogP contribution in [0.1, 0.15) is 29.0 Å². The maximum absolute atomic E-state index is 12.1. The first-order valence-electron chi connectivity index (χ1n) is 8.27. The average molecular weight is 352 g/mol. The zero-order valence-electron chi connectivity index (χ0n) is 13.8. The Hall–Kier alpha value is -3.34. The predicted molar refractivity (Wildman–Crippen MR) is 90.4 cm³/mol. The quantitative estimate of drug-likeness (QED) is 0.835. The predicted octanol–water partition coefficient (Wildman–Crippen LogP) is 2.34. The molecule has 2 aromatic rings. The lowest BCUT2D eigenvalue weighted by Gasteiger charge is -2.14. The highest BCUT2D eigenvalue weighted by atomic mass is 16.6. The van der Waals surface area contributed by atoms with Crippen molar-refractivity contribution in [2.75, 3.05) is 18.0 Å². The minimum absolute atomic E-state index is 0.107. The van der Waals surface area contributed by atoms with Gasteiger partial charge in [0, 0.05) is 30.2 Å². The Labute approximate surface area is 149 Å². The fourth-order valence-corrected chi connectivity index (χ4v) is 3.00. The van der Waals surface area contributed by atoms with Crippen LogP contribution in [0, 0.1) is 6.57 Å². The molecule has 0 bridgehead atoms. The van der Waals surface area contributed by atoms with Crippen LogP contribution in [0.15, 0.2) is 41.1 Å². The number of nitrogens with one attached hydrogen (secondary N) is 1.